The molecule has 1 aromatic carbocycles. The van der Waals surface area contributed by atoms with Crippen molar-refractivity contribution in [3.63, 3.8) is 0 Å². The van der Waals surface area contributed by atoms with E-state index in [0.717, 1.165) is 22.6 Å². The molecule has 0 saturated carbocycles. The van der Waals surface area contributed by atoms with Crippen molar-refractivity contribution in [2.24, 2.45) is 0 Å². The first-order valence-electron chi connectivity index (χ1n) is 7.15. The highest BCUT2D eigenvalue weighted by Crippen LogP contribution is 2.25. The van der Waals surface area contributed by atoms with Crippen LogP contribution < -0.4 is 0 Å². The van der Waals surface area contributed by atoms with Crippen LogP contribution in [0.3, 0.4) is 0 Å². The molecule has 3 aromatic heterocycles. The molecular formula is C16H12N4O2S2. The van der Waals surface area contributed by atoms with Crippen LogP contribution in [0.1, 0.15) is 5.56 Å². The van der Waals surface area contributed by atoms with Gasteiger partial charge >= 0.3 is 0 Å². The number of fused-ring (bicyclic) bond motifs is 1. The number of aromatic nitrogens is 4. The average molecular weight is 356 g/mol. The second kappa shape index (κ2) is 5.81. The fourth-order valence-electron chi connectivity index (χ4n) is 2.32. The third-order valence-corrected chi connectivity index (χ3v) is 6.52. The monoisotopic (exact) mass is 356 g/mol. The number of benzene rings is 1. The van der Waals surface area contributed by atoms with Gasteiger partial charge in [-0.1, -0.05) is 41.7 Å². The molecule has 4 aromatic rings. The molecule has 0 fully saturated rings. The zero-order valence-corrected chi connectivity index (χ0v) is 14.0. The van der Waals surface area contributed by atoms with Gasteiger partial charge in [-0.25, -0.2) is 17.9 Å². The number of rotatable bonds is 4. The van der Waals surface area contributed by atoms with Crippen molar-refractivity contribution in [2.75, 3.05) is 0 Å². The number of pyridine rings is 1. The molecular weight excluding hydrogens is 344 g/mol. The number of hydrogen-bond donors (Lipinski definition) is 0. The Kier molecular flexibility index (Phi) is 3.62. The minimum Gasteiger partial charge on any atom is -0.265 e. The van der Waals surface area contributed by atoms with Crippen LogP contribution in [0.2, 0.25) is 0 Å². The van der Waals surface area contributed by atoms with E-state index in [0.29, 0.717) is 10.5 Å². The van der Waals surface area contributed by atoms with Gasteiger partial charge in [0.25, 0.3) is 0 Å². The summed E-state index contributed by atoms with van der Waals surface area (Å²) in [6, 6.07) is 13.1. The molecule has 6 nitrogen and oxygen atoms in total. The molecule has 4 rings (SSSR count). The van der Waals surface area contributed by atoms with E-state index in [-0.39, 0.29) is 10.1 Å². The number of imidazole rings is 1. The van der Waals surface area contributed by atoms with Crippen LogP contribution in [0.4, 0.5) is 0 Å². The molecule has 0 N–H and O–H groups in total. The predicted octanol–water partition coefficient (Wildman–Crippen LogP) is 2.83. The van der Waals surface area contributed by atoms with Gasteiger partial charge in [0.1, 0.15) is 0 Å². The molecule has 0 aliphatic heterocycles. The molecule has 3 heterocycles. The van der Waals surface area contributed by atoms with Gasteiger partial charge < -0.3 is 0 Å². The summed E-state index contributed by atoms with van der Waals surface area (Å²) >= 11 is 1.08. The summed E-state index contributed by atoms with van der Waals surface area (Å²) in [6.45, 7) is 0. The van der Waals surface area contributed by atoms with Crippen LogP contribution in [0.15, 0.2) is 65.4 Å². The van der Waals surface area contributed by atoms with Crippen molar-refractivity contribution in [2.45, 2.75) is 10.1 Å². The quantitative estimate of drug-likeness (QED) is 0.562. The summed E-state index contributed by atoms with van der Waals surface area (Å²) in [4.78, 5) is 8.92. The molecule has 0 aliphatic rings. The topological polar surface area (TPSA) is 77.2 Å². The van der Waals surface area contributed by atoms with Crippen LogP contribution in [0.5, 0.6) is 0 Å². The Balaban J connectivity index is 1.67. The third-order valence-electron chi connectivity index (χ3n) is 3.47. The largest absolute Gasteiger partial charge is 0.265 e. The lowest BCUT2D eigenvalue weighted by Gasteiger charge is -1.99. The van der Waals surface area contributed by atoms with E-state index >= 15 is 0 Å². The summed E-state index contributed by atoms with van der Waals surface area (Å²) < 4.78 is 26.6. The van der Waals surface area contributed by atoms with Gasteiger partial charge in [-0.15, -0.1) is 5.10 Å². The molecule has 8 heteroatoms. The van der Waals surface area contributed by atoms with Crippen molar-refractivity contribution in [3.8, 4) is 11.3 Å². The highest BCUT2D eigenvalue weighted by molar-refractivity contribution is 7.92. The fourth-order valence-corrected chi connectivity index (χ4v) is 4.81. The van der Waals surface area contributed by atoms with Crippen LogP contribution in [0.25, 0.3) is 16.2 Å². The van der Waals surface area contributed by atoms with E-state index < -0.39 is 9.84 Å². The second-order valence-corrected chi connectivity index (χ2v) is 8.32. The minimum absolute atomic E-state index is 0.0708. The van der Waals surface area contributed by atoms with Gasteiger partial charge in [0.05, 0.1) is 17.6 Å². The first-order valence-corrected chi connectivity index (χ1v) is 9.62. The zero-order chi connectivity index (χ0) is 16.6. The highest BCUT2D eigenvalue weighted by atomic mass is 32.2. The summed E-state index contributed by atoms with van der Waals surface area (Å²) in [6.07, 6.45) is 4.89. The fraction of sp³-hybridized carbons (Fsp3) is 0.0625. The van der Waals surface area contributed by atoms with Crippen molar-refractivity contribution in [1.29, 1.82) is 0 Å². The first kappa shape index (κ1) is 15.0. The molecule has 0 amide bonds. The highest BCUT2D eigenvalue weighted by Gasteiger charge is 2.22. The predicted molar refractivity (Wildman–Crippen MR) is 91.4 cm³/mol. The number of sulfone groups is 1. The van der Waals surface area contributed by atoms with E-state index in [2.05, 4.69) is 15.1 Å². The molecule has 0 spiro atoms. The Bertz CT molecular complexity index is 1060. The Morgan fingerprint density at radius 1 is 1.04 bits per heavy atom. The Hall–Kier alpha value is -2.58. The second-order valence-electron chi connectivity index (χ2n) is 5.20. The maximum absolute atomic E-state index is 12.5. The average Bonchev–Trinajstić information content (AvgIpc) is 3.15. The van der Waals surface area contributed by atoms with Gasteiger partial charge in [-0.3, -0.25) is 4.98 Å². The first-order chi connectivity index (χ1) is 11.6. The molecule has 0 radical (unpaired) electrons. The van der Waals surface area contributed by atoms with Crippen LogP contribution in [-0.2, 0) is 15.6 Å². The minimum atomic E-state index is -3.50. The lowest BCUT2D eigenvalue weighted by molar-refractivity contribution is 0.592. The third kappa shape index (κ3) is 2.81. The van der Waals surface area contributed by atoms with E-state index in [1.807, 2.05) is 30.3 Å². The smallest absolute Gasteiger partial charge is 0.232 e. The van der Waals surface area contributed by atoms with Crippen LogP contribution in [-0.4, -0.2) is 28.0 Å². The van der Waals surface area contributed by atoms with E-state index in [4.69, 9.17) is 0 Å². The molecule has 0 bridgehead atoms. The van der Waals surface area contributed by atoms with Gasteiger partial charge in [-0.05, 0) is 17.7 Å². The molecule has 24 heavy (non-hydrogen) atoms. The van der Waals surface area contributed by atoms with Crippen molar-refractivity contribution >= 4 is 26.1 Å². The summed E-state index contributed by atoms with van der Waals surface area (Å²) in [5, 5.41) is 4.20. The number of hydrogen-bond acceptors (Lipinski definition) is 6. The Labute approximate surface area is 142 Å². The lowest BCUT2D eigenvalue weighted by Crippen LogP contribution is -2.05. The molecule has 0 unspecified atom stereocenters. The van der Waals surface area contributed by atoms with Crippen LogP contribution >= 0.6 is 11.3 Å². The van der Waals surface area contributed by atoms with Crippen LogP contribution in [0, 0.1) is 0 Å². The van der Waals surface area contributed by atoms with Crippen molar-refractivity contribution < 1.29 is 8.42 Å². The Morgan fingerprint density at radius 2 is 1.79 bits per heavy atom. The SMILES string of the molecule is O=S(=O)(Cc1ccncc1)c1nn2cc(-c3ccccc3)nc2s1. The van der Waals surface area contributed by atoms with Gasteiger partial charge in [-0.2, -0.15) is 0 Å². The molecule has 0 aliphatic carbocycles. The van der Waals surface area contributed by atoms with Gasteiger partial charge in [0.2, 0.25) is 19.1 Å². The van der Waals surface area contributed by atoms with Gasteiger partial charge in [0, 0.05) is 18.0 Å². The van der Waals surface area contributed by atoms with E-state index in [1.165, 1.54) is 4.52 Å². The zero-order valence-electron chi connectivity index (χ0n) is 12.4. The number of nitrogens with zero attached hydrogens (tertiary/aromatic N) is 4. The van der Waals surface area contributed by atoms with Crippen molar-refractivity contribution in [1.82, 2.24) is 19.6 Å². The summed E-state index contributed by atoms with van der Waals surface area (Å²) in [7, 11) is -3.50. The molecule has 0 saturated heterocycles. The summed E-state index contributed by atoms with van der Waals surface area (Å²) in [5.41, 5.74) is 2.42. The Morgan fingerprint density at radius 3 is 2.50 bits per heavy atom. The molecule has 120 valence electrons. The maximum atomic E-state index is 12.5. The lowest BCUT2D eigenvalue weighted by atomic mass is 10.2. The van der Waals surface area contributed by atoms with E-state index in [9.17, 15) is 8.42 Å². The standard InChI is InChI=1S/C16H12N4O2S2/c21-24(22,11-12-6-8-17-9-7-12)16-19-20-10-14(18-15(20)23-16)13-4-2-1-3-5-13/h1-10H,11H2. The normalized spacial score (nSPS) is 11.8. The summed E-state index contributed by atoms with van der Waals surface area (Å²) in [5.74, 6) is -0.0995. The van der Waals surface area contributed by atoms with E-state index in [1.54, 1.807) is 30.7 Å². The molecule has 0 atom stereocenters. The maximum Gasteiger partial charge on any atom is 0.232 e. The van der Waals surface area contributed by atoms with Gasteiger partial charge in [0.15, 0.2) is 0 Å². The van der Waals surface area contributed by atoms with Crippen molar-refractivity contribution in [3.05, 3.63) is 66.6 Å².